The molecule has 0 aliphatic carbocycles. The highest BCUT2D eigenvalue weighted by atomic mass is 79.9. The van der Waals surface area contributed by atoms with E-state index in [1.807, 2.05) is 24.3 Å². The fourth-order valence-electron chi connectivity index (χ4n) is 1.45. The summed E-state index contributed by atoms with van der Waals surface area (Å²) >= 11 is 3.42. The summed E-state index contributed by atoms with van der Waals surface area (Å²) in [5.41, 5.74) is 1.88. The SMILES string of the molecule is N#CCc1cc(Br)cc2cccnc12. The van der Waals surface area contributed by atoms with Crippen molar-refractivity contribution in [2.45, 2.75) is 6.42 Å². The summed E-state index contributed by atoms with van der Waals surface area (Å²) in [4.78, 5) is 4.27. The lowest BCUT2D eigenvalue weighted by atomic mass is 10.1. The van der Waals surface area contributed by atoms with Gasteiger partial charge in [0.15, 0.2) is 0 Å². The summed E-state index contributed by atoms with van der Waals surface area (Å²) in [5.74, 6) is 0. The Labute approximate surface area is 90.3 Å². The van der Waals surface area contributed by atoms with Gasteiger partial charge in [0.05, 0.1) is 18.0 Å². The van der Waals surface area contributed by atoms with Gasteiger partial charge in [0.2, 0.25) is 0 Å². The standard InChI is InChI=1S/C11H7BrN2/c12-10-6-8-2-1-5-14-11(8)9(7-10)3-4-13/h1-2,5-7H,3H2. The van der Waals surface area contributed by atoms with Crippen molar-refractivity contribution in [3.63, 3.8) is 0 Å². The minimum atomic E-state index is 0.396. The third kappa shape index (κ3) is 1.61. The molecule has 0 N–H and O–H groups in total. The second kappa shape index (κ2) is 3.77. The monoisotopic (exact) mass is 246 g/mol. The zero-order valence-corrected chi connectivity index (χ0v) is 8.95. The highest BCUT2D eigenvalue weighted by Crippen LogP contribution is 2.22. The van der Waals surface area contributed by atoms with E-state index in [1.54, 1.807) is 6.20 Å². The maximum absolute atomic E-state index is 8.68. The molecular weight excluding hydrogens is 240 g/mol. The average molecular weight is 247 g/mol. The van der Waals surface area contributed by atoms with Gasteiger partial charge in [-0.25, -0.2) is 0 Å². The smallest absolute Gasteiger partial charge is 0.0745 e. The molecule has 1 heterocycles. The summed E-state index contributed by atoms with van der Waals surface area (Å²) in [6.07, 6.45) is 2.14. The zero-order chi connectivity index (χ0) is 9.97. The number of fused-ring (bicyclic) bond motifs is 1. The van der Waals surface area contributed by atoms with Crippen LogP contribution in [-0.2, 0) is 6.42 Å². The molecule has 0 unspecified atom stereocenters. The molecule has 0 aliphatic heterocycles. The summed E-state index contributed by atoms with van der Waals surface area (Å²) < 4.78 is 0.989. The van der Waals surface area contributed by atoms with E-state index in [9.17, 15) is 0 Å². The maximum Gasteiger partial charge on any atom is 0.0745 e. The largest absolute Gasteiger partial charge is 0.256 e. The molecule has 0 amide bonds. The minimum absolute atomic E-state index is 0.396. The number of hydrogen-bond acceptors (Lipinski definition) is 2. The van der Waals surface area contributed by atoms with Crippen molar-refractivity contribution < 1.29 is 0 Å². The van der Waals surface area contributed by atoms with E-state index >= 15 is 0 Å². The number of nitriles is 1. The Kier molecular flexibility index (Phi) is 2.47. The summed E-state index contributed by atoms with van der Waals surface area (Å²) in [5, 5.41) is 9.74. The average Bonchev–Trinajstić information content (AvgIpc) is 2.18. The number of hydrogen-bond donors (Lipinski definition) is 0. The Hall–Kier alpha value is -1.40. The lowest BCUT2D eigenvalue weighted by molar-refractivity contribution is 1.25. The summed E-state index contributed by atoms with van der Waals surface area (Å²) in [6, 6.07) is 9.98. The normalized spacial score (nSPS) is 10.0. The van der Waals surface area contributed by atoms with E-state index < -0.39 is 0 Å². The number of aromatic nitrogens is 1. The molecule has 2 nitrogen and oxygen atoms in total. The van der Waals surface area contributed by atoms with Gasteiger partial charge in [0.1, 0.15) is 0 Å². The maximum atomic E-state index is 8.68. The second-order valence-corrected chi connectivity index (χ2v) is 3.89. The molecule has 0 spiro atoms. The van der Waals surface area contributed by atoms with Gasteiger partial charge in [-0.15, -0.1) is 0 Å². The van der Waals surface area contributed by atoms with Crippen LogP contribution in [0.1, 0.15) is 5.56 Å². The Balaban J connectivity index is 2.74. The van der Waals surface area contributed by atoms with Crippen molar-refractivity contribution in [1.29, 1.82) is 5.26 Å². The summed E-state index contributed by atoms with van der Waals surface area (Å²) in [6.45, 7) is 0. The van der Waals surface area contributed by atoms with E-state index in [0.717, 1.165) is 20.9 Å². The van der Waals surface area contributed by atoms with Crippen LogP contribution < -0.4 is 0 Å². The van der Waals surface area contributed by atoms with Gasteiger partial charge >= 0.3 is 0 Å². The molecule has 0 saturated heterocycles. The Bertz CT molecular complexity index is 514. The number of rotatable bonds is 1. The Morgan fingerprint density at radius 3 is 3.07 bits per heavy atom. The Morgan fingerprint density at radius 1 is 1.43 bits per heavy atom. The quantitative estimate of drug-likeness (QED) is 0.776. The van der Waals surface area contributed by atoms with Crippen molar-refractivity contribution in [1.82, 2.24) is 4.98 Å². The van der Waals surface area contributed by atoms with Crippen molar-refractivity contribution in [2.24, 2.45) is 0 Å². The molecule has 1 aromatic heterocycles. The third-order valence-corrected chi connectivity index (χ3v) is 2.48. The Morgan fingerprint density at radius 2 is 2.29 bits per heavy atom. The van der Waals surface area contributed by atoms with E-state index in [0.29, 0.717) is 6.42 Å². The van der Waals surface area contributed by atoms with Crippen LogP contribution in [0.5, 0.6) is 0 Å². The van der Waals surface area contributed by atoms with E-state index in [4.69, 9.17) is 5.26 Å². The summed E-state index contributed by atoms with van der Waals surface area (Å²) in [7, 11) is 0. The van der Waals surface area contributed by atoms with E-state index in [2.05, 4.69) is 27.0 Å². The van der Waals surface area contributed by atoms with Gasteiger partial charge in [-0.1, -0.05) is 22.0 Å². The molecule has 68 valence electrons. The molecule has 0 radical (unpaired) electrons. The molecule has 3 heteroatoms. The molecule has 2 aromatic rings. The number of pyridine rings is 1. The van der Waals surface area contributed by atoms with Crippen LogP contribution in [0.15, 0.2) is 34.9 Å². The third-order valence-electron chi connectivity index (χ3n) is 2.02. The van der Waals surface area contributed by atoms with Gasteiger partial charge in [-0.2, -0.15) is 5.26 Å². The van der Waals surface area contributed by atoms with Gasteiger partial charge in [0.25, 0.3) is 0 Å². The van der Waals surface area contributed by atoms with Crippen LogP contribution >= 0.6 is 15.9 Å². The topological polar surface area (TPSA) is 36.7 Å². The van der Waals surface area contributed by atoms with E-state index in [-0.39, 0.29) is 0 Å². The van der Waals surface area contributed by atoms with Gasteiger partial charge in [-0.3, -0.25) is 4.98 Å². The van der Waals surface area contributed by atoms with E-state index in [1.165, 1.54) is 0 Å². The molecular formula is C11H7BrN2. The lowest BCUT2D eigenvalue weighted by Gasteiger charge is -2.02. The van der Waals surface area contributed by atoms with Crippen LogP contribution in [0.3, 0.4) is 0 Å². The van der Waals surface area contributed by atoms with Crippen LogP contribution in [0.4, 0.5) is 0 Å². The van der Waals surface area contributed by atoms with Gasteiger partial charge in [0, 0.05) is 16.1 Å². The molecule has 0 atom stereocenters. The second-order valence-electron chi connectivity index (χ2n) is 2.97. The first-order valence-corrected chi connectivity index (χ1v) is 5.00. The van der Waals surface area contributed by atoms with Crippen LogP contribution in [0.25, 0.3) is 10.9 Å². The predicted molar refractivity (Wildman–Crippen MR) is 58.8 cm³/mol. The van der Waals surface area contributed by atoms with Crippen molar-refractivity contribution in [2.75, 3.05) is 0 Å². The molecule has 0 saturated carbocycles. The molecule has 0 aliphatic rings. The van der Waals surface area contributed by atoms with Crippen molar-refractivity contribution in [3.05, 3.63) is 40.5 Å². The van der Waals surface area contributed by atoms with Crippen LogP contribution in [-0.4, -0.2) is 4.98 Å². The highest BCUT2D eigenvalue weighted by molar-refractivity contribution is 9.10. The highest BCUT2D eigenvalue weighted by Gasteiger charge is 2.02. The zero-order valence-electron chi connectivity index (χ0n) is 7.37. The number of halogens is 1. The molecule has 1 aromatic carbocycles. The van der Waals surface area contributed by atoms with Gasteiger partial charge in [-0.05, 0) is 23.8 Å². The molecule has 2 rings (SSSR count). The molecule has 0 bridgehead atoms. The molecule has 14 heavy (non-hydrogen) atoms. The van der Waals surface area contributed by atoms with Crippen LogP contribution in [0.2, 0.25) is 0 Å². The number of benzene rings is 1. The number of nitrogens with zero attached hydrogens (tertiary/aromatic N) is 2. The predicted octanol–water partition coefficient (Wildman–Crippen LogP) is 3.06. The fourth-order valence-corrected chi connectivity index (χ4v) is 1.97. The first-order chi connectivity index (χ1) is 6.81. The van der Waals surface area contributed by atoms with Gasteiger partial charge < -0.3 is 0 Å². The first-order valence-electron chi connectivity index (χ1n) is 4.21. The lowest BCUT2D eigenvalue weighted by Crippen LogP contribution is -1.87. The molecule has 0 fully saturated rings. The first kappa shape index (κ1) is 9.17. The fraction of sp³-hybridized carbons (Fsp3) is 0.0909. The van der Waals surface area contributed by atoms with Crippen molar-refractivity contribution >= 4 is 26.8 Å². The van der Waals surface area contributed by atoms with Crippen LogP contribution in [0, 0.1) is 11.3 Å². The van der Waals surface area contributed by atoms with Crippen molar-refractivity contribution in [3.8, 4) is 6.07 Å². The minimum Gasteiger partial charge on any atom is -0.256 e.